The minimum Gasteiger partial charge on any atom is -0.409 e. The molecule has 1 fully saturated rings. The van der Waals surface area contributed by atoms with E-state index < -0.39 is 0 Å². The van der Waals surface area contributed by atoms with E-state index in [0.717, 1.165) is 17.7 Å². The number of nitrogens with two attached hydrogens (primary N) is 1. The van der Waals surface area contributed by atoms with Gasteiger partial charge in [0.25, 0.3) is 0 Å². The molecule has 4 heteroatoms. The number of rotatable bonds is 4. The Kier molecular flexibility index (Phi) is 4.65. The highest BCUT2D eigenvalue weighted by molar-refractivity contribution is 5.97. The van der Waals surface area contributed by atoms with Crippen molar-refractivity contribution < 1.29 is 5.21 Å². The quantitative estimate of drug-likeness (QED) is 0.342. The molecule has 1 saturated carbocycles. The summed E-state index contributed by atoms with van der Waals surface area (Å²) in [6, 6.07) is 8.41. The molecule has 0 aromatic heterocycles. The molecule has 0 bridgehead atoms. The highest BCUT2D eigenvalue weighted by atomic mass is 16.4. The standard InChI is InChI=1S/C16H25N3O/c1-16(2)8-4-7-14(10-16)18-11-12-5-3-6-13(9-12)15(17)19-20/h3,5-6,9,14,18,20H,4,7-8,10-11H2,1-2H3,(H2,17,19). The minimum atomic E-state index is 0.158. The normalized spacial score (nSPS) is 22.7. The molecule has 1 atom stereocenters. The van der Waals surface area contributed by atoms with Gasteiger partial charge in [-0.25, -0.2) is 0 Å². The fourth-order valence-electron chi connectivity index (χ4n) is 3.03. The summed E-state index contributed by atoms with van der Waals surface area (Å²) in [4.78, 5) is 0. The summed E-state index contributed by atoms with van der Waals surface area (Å²) in [6.45, 7) is 5.52. The molecule has 0 radical (unpaired) electrons. The van der Waals surface area contributed by atoms with Crippen LogP contribution in [0, 0.1) is 5.41 Å². The smallest absolute Gasteiger partial charge is 0.170 e. The predicted octanol–water partition coefficient (Wildman–Crippen LogP) is 2.84. The Bertz CT molecular complexity index is 482. The van der Waals surface area contributed by atoms with Crippen LogP contribution in [0.3, 0.4) is 0 Å². The van der Waals surface area contributed by atoms with Gasteiger partial charge in [-0.05, 0) is 36.3 Å². The van der Waals surface area contributed by atoms with Crippen LogP contribution < -0.4 is 11.1 Å². The average molecular weight is 275 g/mol. The SMILES string of the molecule is CC1(C)CCCC(NCc2cccc(/C(N)=N/O)c2)C1. The summed E-state index contributed by atoms with van der Waals surface area (Å²) in [5.41, 5.74) is 7.99. The molecule has 1 aromatic rings. The van der Waals surface area contributed by atoms with Gasteiger partial charge in [0.15, 0.2) is 5.84 Å². The number of amidine groups is 1. The van der Waals surface area contributed by atoms with Crippen LogP contribution in [-0.4, -0.2) is 17.1 Å². The molecule has 0 saturated heterocycles. The minimum absolute atomic E-state index is 0.158. The monoisotopic (exact) mass is 275 g/mol. The molecular weight excluding hydrogens is 250 g/mol. The summed E-state index contributed by atoms with van der Waals surface area (Å²) >= 11 is 0. The van der Waals surface area contributed by atoms with Crippen molar-refractivity contribution in [3.8, 4) is 0 Å². The Labute approximate surface area is 121 Å². The molecule has 1 aliphatic carbocycles. The van der Waals surface area contributed by atoms with E-state index in [9.17, 15) is 0 Å². The highest BCUT2D eigenvalue weighted by Crippen LogP contribution is 2.35. The maximum Gasteiger partial charge on any atom is 0.170 e. The van der Waals surface area contributed by atoms with E-state index in [0.29, 0.717) is 11.5 Å². The van der Waals surface area contributed by atoms with Crippen LogP contribution in [0.2, 0.25) is 0 Å². The Morgan fingerprint density at radius 1 is 1.50 bits per heavy atom. The summed E-state index contributed by atoms with van der Waals surface area (Å²) < 4.78 is 0. The molecule has 1 unspecified atom stereocenters. The van der Waals surface area contributed by atoms with Crippen LogP contribution in [0.25, 0.3) is 0 Å². The molecule has 20 heavy (non-hydrogen) atoms. The number of oxime groups is 1. The molecule has 4 N–H and O–H groups in total. The van der Waals surface area contributed by atoms with Gasteiger partial charge in [-0.2, -0.15) is 0 Å². The van der Waals surface area contributed by atoms with Crippen LogP contribution in [0.15, 0.2) is 29.4 Å². The van der Waals surface area contributed by atoms with E-state index in [4.69, 9.17) is 10.9 Å². The Balaban J connectivity index is 1.94. The van der Waals surface area contributed by atoms with Crippen LogP contribution >= 0.6 is 0 Å². The lowest BCUT2D eigenvalue weighted by molar-refractivity contribution is 0.198. The van der Waals surface area contributed by atoms with E-state index in [1.807, 2.05) is 18.2 Å². The first-order valence-corrected chi connectivity index (χ1v) is 7.30. The van der Waals surface area contributed by atoms with Crippen LogP contribution in [0.1, 0.15) is 50.7 Å². The zero-order valence-electron chi connectivity index (χ0n) is 12.4. The first-order valence-electron chi connectivity index (χ1n) is 7.30. The van der Waals surface area contributed by atoms with Crippen molar-refractivity contribution in [1.29, 1.82) is 0 Å². The van der Waals surface area contributed by atoms with E-state index in [1.54, 1.807) is 0 Å². The lowest BCUT2D eigenvalue weighted by atomic mass is 9.75. The van der Waals surface area contributed by atoms with Crippen molar-refractivity contribution in [1.82, 2.24) is 5.32 Å². The van der Waals surface area contributed by atoms with Gasteiger partial charge in [0.05, 0.1) is 0 Å². The van der Waals surface area contributed by atoms with Crippen molar-refractivity contribution in [2.24, 2.45) is 16.3 Å². The van der Waals surface area contributed by atoms with Gasteiger partial charge in [0.1, 0.15) is 0 Å². The molecule has 0 spiro atoms. The maximum absolute atomic E-state index is 8.72. The summed E-state index contributed by atoms with van der Waals surface area (Å²) in [6.07, 6.45) is 5.11. The number of nitrogens with zero attached hydrogens (tertiary/aromatic N) is 1. The molecule has 110 valence electrons. The maximum atomic E-state index is 8.72. The highest BCUT2D eigenvalue weighted by Gasteiger charge is 2.27. The van der Waals surface area contributed by atoms with Crippen molar-refractivity contribution in [3.05, 3.63) is 35.4 Å². The average Bonchev–Trinajstić information content (AvgIpc) is 2.43. The van der Waals surface area contributed by atoms with Gasteiger partial charge in [-0.1, -0.05) is 43.6 Å². The molecule has 0 amide bonds. The Morgan fingerprint density at radius 3 is 3.00 bits per heavy atom. The number of hydrogen-bond donors (Lipinski definition) is 3. The Hall–Kier alpha value is -1.55. The zero-order chi connectivity index (χ0) is 14.6. The molecule has 0 aliphatic heterocycles. The van der Waals surface area contributed by atoms with Crippen molar-refractivity contribution in [2.45, 2.75) is 52.1 Å². The lowest BCUT2D eigenvalue weighted by Crippen LogP contribution is -2.36. The fraction of sp³-hybridized carbons (Fsp3) is 0.562. The molecule has 2 rings (SSSR count). The predicted molar refractivity (Wildman–Crippen MR) is 81.8 cm³/mol. The van der Waals surface area contributed by atoms with Crippen LogP contribution in [0.4, 0.5) is 0 Å². The third-order valence-electron chi connectivity index (χ3n) is 4.13. The van der Waals surface area contributed by atoms with Crippen LogP contribution in [-0.2, 0) is 6.54 Å². The van der Waals surface area contributed by atoms with Crippen molar-refractivity contribution >= 4 is 5.84 Å². The lowest BCUT2D eigenvalue weighted by Gasteiger charge is -2.35. The Morgan fingerprint density at radius 2 is 2.30 bits per heavy atom. The second-order valence-corrected chi connectivity index (χ2v) is 6.52. The zero-order valence-corrected chi connectivity index (χ0v) is 12.4. The second-order valence-electron chi connectivity index (χ2n) is 6.52. The van der Waals surface area contributed by atoms with Gasteiger partial charge in [-0.15, -0.1) is 0 Å². The summed E-state index contributed by atoms with van der Waals surface area (Å²) in [7, 11) is 0. The first kappa shape index (κ1) is 14.9. The van der Waals surface area contributed by atoms with Crippen molar-refractivity contribution in [3.63, 3.8) is 0 Å². The molecule has 4 nitrogen and oxygen atoms in total. The number of benzene rings is 1. The summed E-state index contributed by atoms with van der Waals surface area (Å²) in [5, 5.41) is 15.4. The van der Waals surface area contributed by atoms with E-state index in [1.165, 1.54) is 25.7 Å². The second kappa shape index (κ2) is 6.27. The molecule has 1 aliphatic rings. The van der Waals surface area contributed by atoms with E-state index in [-0.39, 0.29) is 5.84 Å². The first-order chi connectivity index (χ1) is 9.50. The number of nitrogens with one attached hydrogen (secondary N) is 1. The molecular formula is C16H25N3O. The van der Waals surface area contributed by atoms with Crippen LogP contribution in [0.5, 0.6) is 0 Å². The summed E-state index contributed by atoms with van der Waals surface area (Å²) in [5.74, 6) is 0.158. The third kappa shape index (κ3) is 3.97. The van der Waals surface area contributed by atoms with Gasteiger partial charge in [-0.3, -0.25) is 0 Å². The van der Waals surface area contributed by atoms with Crippen molar-refractivity contribution in [2.75, 3.05) is 0 Å². The molecule has 1 aromatic carbocycles. The largest absolute Gasteiger partial charge is 0.409 e. The number of hydrogen-bond acceptors (Lipinski definition) is 3. The van der Waals surface area contributed by atoms with Gasteiger partial charge < -0.3 is 16.3 Å². The van der Waals surface area contributed by atoms with E-state index >= 15 is 0 Å². The van der Waals surface area contributed by atoms with Gasteiger partial charge in [0, 0.05) is 18.2 Å². The third-order valence-corrected chi connectivity index (χ3v) is 4.13. The van der Waals surface area contributed by atoms with E-state index in [2.05, 4.69) is 30.4 Å². The topological polar surface area (TPSA) is 70.6 Å². The van der Waals surface area contributed by atoms with Gasteiger partial charge in [0.2, 0.25) is 0 Å². The van der Waals surface area contributed by atoms with Gasteiger partial charge >= 0.3 is 0 Å². The molecule has 0 heterocycles. The fourth-order valence-corrected chi connectivity index (χ4v) is 3.03.